The van der Waals surface area contributed by atoms with Crippen LogP contribution in [0.1, 0.15) is 24.0 Å². The van der Waals surface area contributed by atoms with Crippen LogP contribution >= 0.6 is 24.0 Å². The van der Waals surface area contributed by atoms with Crippen LogP contribution in [0.15, 0.2) is 60.1 Å². The first-order valence-electron chi connectivity index (χ1n) is 9.13. The highest BCUT2D eigenvalue weighted by atomic mass is 127. The fourth-order valence-electron chi connectivity index (χ4n) is 2.64. The molecule has 0 aliphatic carbocycles. The highest BCUT2D eigenvalue weighted by Gasteiger charge is 2.03. The maximum atomic E-state index is 4.64. The van der Waals surface area contributed by atoms with Crippen molar-refractivity contribution in [2.24, 2.45) is 4.99 Å². The molecule has 0 saturated carbocycles. The number of nitrogens with zero attached hydrogens (tertiary/aromatic N) is 5. The van der Waals surface area contributed by atoms with Crippen molar-refractivity contribution in [1.29, 1.82) is 0 Å². The lowest BCUT2D eigenvalue weighted by Crippen LogP contribution is -2.38. The van der Waals surface area contributed by atoms with Crippen molar-refractivity contribution >= 4 is 29.9 Å². The zero-order valence-corrected chi connectivity index (χ0v) is 18.5. The predicted octanol–water partition coefficient (Wildman–Crippen LogP) is 2.89. The summed E-state index contributed by atoms with van der Waals surface area (Å²) >= 11 is 0. The second-order valence-electron chi connectivity index (χ2n) is 6.06. The summed E-state index contributed by atoms with van der Waals surface area (Å²) < 4.78 is 1.95. The summed E-state index contributed by atoms with van der Waals surface area (Å²) in [5.41, 5.74) is 2.12. The molecule has 3 rings (SSSR count). The van der Waals surface area contributed by atoms with E-state index in [4.69, 9.17) is 0 Å². The van der Waals surface area contributed by atoms with Crippen LogP contribution in [-0.2, 0) is 13.0 Å². The van der Waals surface area contributed by atoms with E-state index in [9.17, 15) is 0 Å². The van der Waals surface area contributed by atoms with Gasteiger partial charge >= 0.3 is 0 Å². The number of aryl methyl sites for hydroxylation is 1. The molecule has 0 unspecified atom stereocenters. The number of aliphatic imine (C=N–C) groups is 1. The van der Waals surface area contributed by atoms with Gasteiger partial charge in [-0.2, -0.15) is 0 Å². The van der Waals surface area contributed by atoms with Gasteiger partial charge in [0, 0.05) is 50.0 Å². The fraction of sp³-hybridized carbons (Fsp3) is 0.300. The van der Waals surface area contributed by atoms with E-state index in [1.54, 1.807) is 6.20 Å². The number of hydrogen-bond donors (Lipinski definition) is 2. The zero-order chi connectivity index (χ0) is 18.9. The van der Waals surface area contributed by atoms with Crippen LogP contribution in [0.2, 0.25) is 0 Å². The van der Waals surface area contributed by atoms with E-state index < -0.39 is 0 Å². The van der Waals surface area contributed by atoms with Crippen LogP contribution in [0, 0.1) is 6.92 Å². The van der Waals surface area contributed by atoms with E-state index >= 15 is 0 Å². The van der Waals surface area contributed by atoms with E-state index in [1.807, 2.05) is 60.4 Å². The molecular formula is C20H26IN7. The summed E-state index contributed by atoms with van der Waals surface area (Å²) in [6, 6.07) is 9.99. The first-order chi connectivity index (χ1) is 13.3. The van der Waals surface area contributed by atoms with Crippen molar-refractivity contribution in [3.8, 4) is 5.82 Å². The van der Waals surface area contributed by atoms with Crippen molar-refractivity contribution < 1.29 is 0 Å². The maximum Gasteiger partial charge on any atom is 0.191 e. The molecule has 0 aliphatic heterocycles. The Morgan fingerprint density at radius 1 is 1.07 bits per heavy atom. The zero-order valence-electron chi connectivity index (χ0n) is 16.2. The van der Waals surface area contributed by atoms with Gasteiger partial charge in [0.15, 0.2) is 5.96 Å². The van der Waals surface area contributed by atoms with E-state index in [1.165, 1.54) is 0 Å². The number of aromatic nitrogens is 4. The molecule has 0 fully saturated rings. The second kappa shape index (κ2) is 11.4. The van der Waals surface area contributed by atoms with Gasteiger partial charge in [0.25, 0.3) is 0 Å². The Balaban J connectivity index is 0.00000280. The van der Waals surface area contributed by atoms with Crippen LogP contribution in [0.4, 0.5) is 0 Å². The molecule has 0 bridgehead atoms. The Labute approximate surface area is 182 Å². The summed E-state index contributed by atoms with van der Waals surface area (Å²) in [4.78, 5) is 17.7. The van der Waals surface area contributed by atoms with Crippen LogP contribution in [-0.4, -0.2) is 38.6 Å². The third kappa shape index (κ3) is 6.29. The van der Waals surface area contributed by atoms with Gasteiger partial charge in [0.1, 0.15) is 11.6 Å². The van der Waals surface area contributed by atoms with E-state index in [2.05, 4.69) is 37.5 Å². The Hall–Kier alpha value is -2.49. The second-order valence-corrected chi connectivity index (χ2v) is 6.06. The minimum atomic E-state index is 0. The van der Waals surface area contributed by atoms with Gasteiger partial charge in [0.05, 0.1) is 6.54 Å². The van der Waals surface area contributed by atoms with Gasteiger partial charge in [-0.1, -0.05) is 12.1 Å². The highest BCUT2D eigenvalue weighted by molar-refractivity contribution is 14.0. The van der Waals surface area contributed by atoms with Crippen molar-refractivity contribution in [2.75, 3.05) is 13.1 Å². The Kier molecular flexibility index (Phi) is 8.86. The topological polar surface area (TPSA) is 80.0 Å². The van der Waals surface area contributed by atoms with Crippen molar-refractivity contribution in [2.45, 2.75) is 26.8 Å². The molecule has 0 radical (unpaired) electrons. The lowest BCUT2D eigenvalue weighted by molar-refractivity contribution is 0.788. The lowest BCUT2D eigenvalue weighted by atomic mass is 10.3. The smallest absolute Gasteiger partial charge is 0.191 e. The molecule has 28 heavy (non-hydrogen) atoms. The van der Waals surface area contributed by atoms with Gasteiger partial charge in [-0.15, -0.1) is 24.0 Å². The molecule has 0 atom stereocenters. The monoisotopic (exact) mass is 491 g/mol. The summed E-state index contributed by atoms with van der Waals surface area (Å²) in [5.74, 6) is 2.57. The molecule has 0 amide bonds. The molecular weight excluding hydrogens is 465 g/mol. The molecule has 0 aliphatic rings. The minimum absolute atomic E-state index is 0. The van der Waals surface area contributed by atoms with Gasteiger partial charge in [-0.05, 0) is 37.6 Å². The van der Waals surface area contributed by atoms with Gasteiger partial charge < -0.3 is 10.6 Å². The minimum Gasteiger partial charge on any atom is -0.357 e. The van der Waals surface area contributed by atoms with E-state index in [0.717, 1.165) is 48.4 Å². The standard InChI is InChI=1S/C20H25N7.HI/c1-3-21-20(24-11-9-18-6-4-5-10-23-18)26-15-17-7-8-19(25-14-17)27-13-12-22-16(27)2;/h4-8,10,12-14H,3,9,11,15H2,1-2H3,(H2,21,24,26);1H. The molecule has 3 aromatic rings. The first kappa shape index (κ1) is 21.8. The molecule has 148 valence electrons. The number of rotatable bonds is 7. The van der Waals surface area contributed by atoms with Crippen LogP contribution in [0.5, 0.6) is 0 Å². The highest BCUT2D eigenvalue weighted by Crippen LogP contribution is 2.09. The van der Waals surface area contributed by atoms with Crippen molar-refractivity contribution in [3.63, 3.8) is 0 Å². The molecule has 0 spiro atoms. The predicted molar refractivity (Wildman–Crippen MR) is 122 cm³/mol. The number of nitrogens with one attached hydrogen (secondary N) is 2. The SMILES string of the molecule is CCNC(=NCc1ccc(-n2ccnc2C)nc1)NCCc1ccccn1.I. The van der Waals surface area contributed by atoms with Gasteiger partial charge in [-0.3, -0.25) is 9.55 Å². The van der Waals surface area contributed by atoms with Crippen LogP contribution in [0.25, 0.3) is 5.82 Å². The summed E-state index contributed by atoms with van der Waals surface area (Å²) in [6.45, 7) is 6.17. The first-order valence-corrected chi connectivity index (χ1v) is 9.13. The molecule has 3 aromatic heterocycles. The molecule has 8 heteroatoms. The van der Waals surface area contributed by atoms with Gasteiger partial charge in [-0.25, -0.2) is 15.0 Å². The number of hydrogen-bond acceptors (Lipinski definition) is 4. The van der Waals surface area contributed by atoms with Gasteiger partial charge in [0.2, 0.25) is 0 Å². The number of imidazole rings is 1. The molecule has 0 saturated heterocycles. The normalized spacial score (nSPS) is 11.0. The third-order valence-corrected chi connectivity index (χ3v) is 4.05. The summed E-state index contributed by atoms with van der Waals surface area (Å²) in [5, 5.41) is 6.61. The average Bonchev–Trinajstić information content (AvgIpc) is 3.13. The van der Waals surface area contributed by atoms with E-state index in [-0.39, 0.29) is 24.0 Å². The fourth-order valence-corrected chi connectivity index (χ4v) is 2.64. The summed E-state index contributed by atoms with van der Waals surface area (Å²) in [7, 11) is 0. The lowest BCUT2D eigenvalue weighted by Gasteiger charge is -2.11. The third-order valence-electron chi connectivity index (χ3n) is 4.05. The van der Waals surface area contributed by atoms with E-state index in [0.29, 0.717) is 6.54 Å². The molecule has 2 N–H and O–H groups in total. The molecule has 0 aromatic carbocycles. The number of guanidine groups is 1. The Bertz CT molecular complexity index is 860. The average molecular weight is 491 g/mol. The maximum absolute atomic E-state index is 4.64. The van der Waals surface area contributed by atoms with Crippen molar-refractivity contribution in [1.82, 2.24) is 30.2 Å². The van der Waals surface area contributed by atoms with Crippen LogP contribution < -0.4 is 10.6 Å². The Morgan fingerprint density at radius 3 is 2.61 bits per heavy atom. The number of halogens is 1. The quantitative estimate of drug-likeness (QED) is 0.302. The largest absolute Gasteiger partial charge is 0.357 e. The molecule has 3 heterocycles. The van der Waals surface area contributed by atoms with Crippen molar-refractivity contribution in [3.05, 3.63) is 72.2 Å². The molecule has 7 nitrogen and oxygen atoms in total. The summed E-state index contributed by atoms with van der Waals surface area (Å²) in [6.07, 6.45) is 8.21. The van der Waals surface area contributed by atoms with Crippen LogP contribution in [0.3, 0.4) is 0 Å². The number of pyridine rings is 2. The Morgan fingerprint density at radius 2 is 1.96 bits per heavy atom.